The quantitative estimate of drug-likeness (QED) is 0.731. The molecule has 0 aliphatic heterocycles. The number of hydrogen-bond acceptors (Lipinski definition) is 3. The van der Waals surface area contributed by atoms with Crippen molar-refractivity contribution in [2.24, 2.45) is 0 Å². The minimum Gasteiger partial charge on any atom is -0.478 e. The Balaban J connectivity index is 1.99. The second-order valence-corrected chi connectivity index (χ2v) is 5.79. The summed E-state index contributed by atoms with van der Waals surface area (Å²) >= 11 is 0. The number of benzene rings is 1. The highest BCUT2D eigenvalue weighted by atomic mass is 16.4. The van der Waals surface area contributed by atoms with Crippen LogP contribution in [0.1, 0.15) is 35.7 Å². The molecule has 0 aliphatic carbocycles. The molecule has 0 atom stereocenters. The molecule has 0 unspecified atom stereocenters. The lowest BCUT2D eigenvalue weighted by Crippen LogP contribution is -2.04. The molecule has 0 bridgehead atoms. The van der Waals surface area contributed by atoms with Crippen LogP contribution in [0.5, 0.6) is 0 Å². The van der Waals surface area contributed by atoms with E-state index in [0.29, 0.717) is 5.69 Å². The van der Waals surface area contributed by atoms with Crippen molar-refractivity contribution in [1.29, 1.82) is 0 Å². The molecule has 2 aromatic rings. The molecule has 4 nitrogen and oxygen atoms in total. The number of aryl methyl sites for hydroxylation is 3. The molecule has 2 rings (SSSR count). The maximum absolute atomic E-state index is 10.9. The number of aromatic nitrogens is 1. The Morgan fingerprint density at radius 3 is 2.38 bits per heavy atom. The van der Waals surface area contributed by atoms with Gasteiger partial charge in [0.05, 0.1) is 17.9 Å². The predicted octanol–water partition coefficient (Wildman–Crippen LogP) is 3.28. The minimum absolute atomic E-state index is 0.0667. The fraction of sp³-hybridized carbons (Fsp3) is 0.300. The van der Waals surface area contributed by atoms with Gasteiger partial charge in [0.2, 0.25) is 0 Å². The fourth-order valence-electron chi connectivity index (χ4n) is 2.54. The van der Waals surface area contributed by atoms with Crippen LogP contribution >= 0.6 is 0 Å². The summed E-state index contributed by atoms with van der Waals surface area (Å²) in [6, 6.07) is 12.4. The smallest absolute Gasteiger partial charge is 0.333 e. The van der Waals surface area contributed by atoms with E-state index in [1.165, 1.54) is 17.2 Å². The van der Waals surface area contributed by atoms with Crippen molar-refractivity contribution in [1.82, 2.24) is 4.98 Å². The number of aliphatic carboxylic acids is 1. The summed E-state index contributed by atoms with van der Waals surface area (Å²) in [7, 11) is 0. The molecule has 0 saturated carbocycles. The van der Waals surface area contributed by atoms with Gasteiger partial charge >= 0.3 is 5.97 Å². The Hall–Kier alpha value is -2.46. The first-order valence-electron chi connectivity index (χ1n) is 8.20. The highest BCUT2D eigenvalue weighted by Crippen LogP contribution is 2.12. The zero-order valence-electron chi connectivity index (χ0n) is 13.9. The van der Waals surface area contributed by atoms with E-state index in [2.05, 4.69) is 36.2 Å². The van der Waals surface area contributed by atoms with E-state index >= 15 is 0 Å². The van der Waals surface area contributed by atoms with Gasteiger partial charge in [0, 0.05) is 6.20 Å². The van der Waals surface area contributed by atoms with Crippen molar-refractivity contribution < 1.29 is 15.0 Å². The highest BCUT2D eigenvalue weighted by Gasteiger charge is 2.06. The molecule has 0 fully saturated rings. The average Bonchev–Trinajstić information content (AvgIpc) is 2.59. The number of pyridine rings is 1. The van der Waals surface area contributed by atoms with Crippen molar-refractivity contribution in [2.75, 3.05) is 6.61 Å². The molecule has 0 amide bonds. The summed E-state index contributed by atoms with van der Waals surface area (Å²) in [5, 5.41) is 17.9. The Morgan fingerprint density at radius 1 is 1.08 bits per heavy atom. The number of aliphatic hydroxyl groups is 1. The number of aliphatic hydroxyl groups excluding tert-OH is 1. The highest BCUT2D eigenvalue weighted by molar-refractivity contribution is 5.92. The minimum atomic E-state index is -1.13. The Kier molecular flexibility index (Phi) is 6.70. The predicted molar refractivity (Wildman–Crippen MR) is 94.8 cm³/mol. The zero-order chi connectivity index (χ0) is 17.4. The van der Waals surface area contributed by atoms with Crippen molar-refractivity contribution in [2.45, 2.75) is 32.6 Å². The maximum Gasteiger partial charge on any atom is 0.333 e. The van der Waals surface area contributed by atoms with E-state index in [1.807, 2.05) is 6.07 Å². The summed E-state index contributed by atoms with van der Waals surface area (Å²) in [4.78, 5) is 15.1. The molecule has 1 heterocycles. The van der Waals surface area contributed by atoms with Crippen molar-refractivity contribution in [3.8, 4) is 0 Å². The molecule has 0 aliphatic rings. The van der Waals surface area contributed by atoms with E-state index < -0.39 is 12.6 Å². The molecule has 4 heteroatoms. The van der Waals surface area contributed by atoms with Gasteiger partial charge < -0.3 is 10.2 Å². The summed E-state index contributed by atoms with van der Waals surface area (Å²) in [5.74, 6) is -1.13. The lowest BCUT2D eigenvalue weighted by Gasteiger charge is -2.05. The molecule has 0 radical (unpaired) electrons. The third-order valence-electron chi connectivity index (χ3n) is 3.85. The van der Waals surface area contributed by atoms with Gasteiger partial charge in [-0.25, -0.2) is 4.79 Å². The van der Waals surface area contributed by atoms with Crippen molar-refractivity contribution in [3.63, 3.8) is 0 Å². The molecular formula is C20H23NO3. The van der Waals surface area contributed by atoms with Crippen molar-refractivity contribution >= 4 is 12.0 Å². The zero-order valence-corrected chi connectivity index (χ0v) is 13.9. The molecule has 1 aromatic carbocycles. The fourth-order valence-corrected chi connectivity index (χ4v) is 2.54. The van der Waals surface area contributed by atoms with E-state index in [4.69, 9.17) is 10.2 Å². The molecular weight excluding hydrogens is 302 g/mol. The van der Waals surface area contributed by atoms with Crippen LogP contribution in [0.25, 0.3) is 6.08 Å². The van der Waals surface area contributed by atoms with E-state index in [-0.39, 0.29) is 5.57 Å². The summed E-state index contributed by atoms with van der Waals surface area (Å²) in [6.07, 6.45) is 7.24. The van der Waals surface area contributed by atoms with Crippen LogP contribution in [0, 0.1) is 0 Å². The number of nitrogens with zero attached hydrogens (tertiary/aromatic N) is 1. The lowest BCUT2D eigenvalue weighted by molar-refractivity contribution is -0.133. The van der Waals surface area contributed by atoms with Crippen LogP contribution in [0.3, 0.4) is 0 Å². The number of carboxylic acid groups (broad SMARTS) is 1. The Labute approximate surface area is 142 Å². The van der Waals surface area contributed by atoms with Gasteiger partial charge in [-0.3, -0.25) is 4.98 Å². The van der Waals surface area contributed by atoms with Gasteiger partial charge in [-0.05, 0) is 48.1 Å². The first kappa shape index (κ1) is 17.9. The van der Waals surface area contributed by atoms with E-state index in [9.17, 15) is 4.79 Å². The van der Waals surface area contributed by atoms with Crippen LogP contribution in [-0.2, 0) is 24.1 Å². The largest absolute Gasteiger partial charge is 0.478 e. The molecule has 1 aromatic heterocycles. The van der Waals surface area contributed by atoms with Crippen LogP contribution in [0.15, 0.2) is 48.2 Å². The number of carbonyl (C=O) groups is 1. The van der Waals surface area contributed by atoms with E-state index in [1.54, 1.807) is 12.3 Å². The van der Waals surface area contributed by atoms with Gasteiger partial charge in [-0.15, -0.1) is 0 Å². The first-order valence-corrected chi connectivity index (χ1v) is 8.20. The molecule has 2 N–H and O–H groups in total. The maximum atomic E-state index is 10.9. The summed E-state index contributed by atoms with van der Waals surface area (Å²) in [6.45, 7) is 1.67. The average molecular weight is 325 g/mol. The molecule has 24 heavy (non-hydrogen) atoms. The number of carboxylic acids is 1. The molecule has 0 spiro atoms. The molecule has 0 saturated heterocycles. The van der Waals surface area contributed by atoms with Crippen LogP contribution < -0.4 is 0 Å². The first-order chi connectivity index (χ1) is 11.6. The van der Waals surface area contributed by atoms with Gasteiger partial charge in [0.1, 0.15) is 0 Å². The topological polar surface area (TPSA) is 70.4 Å². The second kappa shape index (κ2) is 8.99. The van der Waals surface area contributed by atoms with Crippen LogP contribution in [-0.4, -0.2) is 27.8 Å². The van der Waals surface area contributed by atoms with Crippen molar-refractivity contribution in [3.05, 3.63) is 70.6 Å². The SMILES string of the molecule is CCCc1cccc(CCc2ccc(/C=C(\CO)C(=O)O)nc2)c1. The monoisotopic (exact) mass is 325 g/mol. The third-order valence-corrected chi connectivity index (χ3v) is 3.85. The summed E-state index contributed by atoms with van der Waals surface area (Å²) in [5.41, 5.74) is 4.27. The van der Waals surface area contributed by atoms with E-state index in [0.717, 1.165) is 31.2 Å². The standard InChI is InChI=1S/C20H23NO3/c1-2-4-15-5-3-6-16(11-15)7-8-17-9-10-19(21-13-17)12-18(14-22)20(23)24/h3,5-6,9-13,22H,2,4,7-8,14H2,1H3,(H,23,24)/b18-12+. The summed E-state index contributed by atoms with van der Waals surface area (Å²) < 4.78 is 0. The third kappa shape index (κ3) is 5.32. The van der Waals surface area contributed by atoms with Gasteiger partial charge in [0.25, 0.3) is 0 Å². The van der Waals surface area contributed by atoms with Gasteiger partial charge in [0.15, 0.2) is 0 Å². The van der Waals surface area contributed by atoms with Crippen LogP contribution in [0.2, 0.25) is 0 Å². The van der Waals surface area contributed by atoms with Gasteiger partial charge in [-0.2, -0.15) is 0 Å². The van der Waals surface area contributed by atoms with Crippen LogP contribution in [0.4, 0.5) is 0 Å². The number of hydrogen-bond donors (Lipinski definition) is 2. The lowest BCUT2D eigenvalue weighted by atomic mass is 10.0. The molecule has 126 valence electrons. The normalized spacial score (nSPS) is 11.5. The Morgan fingerprint density at radius 2 is 1.79 bits per heavy atom. The Bertz CT molecular complexity index is 705. The second-order valence-electron chi connectivity index (χ2n) is 5.79. The number of rotatable bonds is 8. The van der Waals surface area contributed by atoms with Gasteiger partial charge in [-0.1, -0.05) is 43.7 Å².